The molecule has 0 radical (unpaired) electrons. The Bertz CT molecular complexity index is 543. The minimum atomic E-state index is -0.128. The molecular formula is C13H14ClN3O2. The van der Waals surface area contributed by atoms with Crippen molar-refractivity contribution in [2.75, 3.05) is 13.7 Å². The van der Waals surface area contributed by atoms with E-state index in [4.69, 9.17) is 16.3 Å². The summed E-state index contributed by atoms with van der Waals surface area (Å²) in [6.45, 7) is 0.391. The second-order valence-electron chi connectivity index (χ2n) is 4.03. The highest BCUT2D eigenvalue weighted by Gasteiger charge is 2.11. The number of amides is 1. The molecule has 0 unspecified atom stereocenters. The zero-order valence-corrected chi connectivity index (χ0v) is 11.2. The summed E-state index contributed by atoms with van der Waals surface area (Å²) >= 11 is 5.83. The standard InChI is InChI=1S/C13H14ClN3O2/c1-17(8-12-15-5-6-16-12)13(18)9-19-11-4-2-3-10(14)7-11/h2-7H,8-9H2,1H3,(H,15,16). The Hall–Kier alpha value is -2.01. The van der Waals surface area contributed by atoms with Crippen molar-refractivity contribution in [3.05, 3.63) is 47.5 Å². The molecule has 0 spiro atoms. The van der Waals surface area contributed by atoms with Crippen LogP contribution < -0.4 is 4.74 Å². The summed E-state index contributed by atoms with van der Waals surface area (Å²) in [6.07, 6.45) is 3.37. The van der Waals surface area contributed by atoms with Crippen molar-refractivity contribution in [3.63, 3.8) is 0 Å². The van der Waals surface area contributed by atoms with E-state index >= 15 is 0 Å². The number of halogens is 1. The van der Waals surface area contributed by atoms with E-state index in [2.05, 4.69) is 9.97 Å². The van der Waals surface area contributed by atoms with Gasteiger partial charge in [-0.1, -0.05) is 17.7 Å². The Kier molecular flexibility index (Phi) is 4.41. The number of hydrogen-bond donors (Lipinski definition) is 1. The molecule has 5 nitrogen and oxygen atoms in total. The molecule has 1 aromatic carbocycles. The molecule has 1 heterocycles. The van der Waals surface area contributed by atoms with Gasteiger partial charge in [0.1, 0.15) is 11.6 Å². The van der Waals surface area contributed by atoms with Crippen LogP contribution in [0.25, 0.3) is 0 Å². The molecule has 6 heteroatoms. The molecule has 0 saturated carbocycles. The number of carbonyl (C=O) groups is 1. The lowest BCUT2D eigenvalue weighted by molar-refractivity contribution is -0.132. The molecule has 2 aromatic rings. The number of imidazole rings is 1. The van der Waals surface area contributed by atoms with E-state index in [1.165, 1.54) is 0 Å². The second-order valence-corrected chi connectivity index (χ2v) is 4.47. The Morgan fingerprint density at radius 3 is 3.05 bits per heavy atom. The van der Waals surface area contributed by atoms with Crippen LogP contribution >= 0.6 is 11.6 Å². The molecular weight excluding hydrogens is 266 g/mol. The van der Waals surface area contributed by atoms with E-state index in [-0.39, 0.29) is 12.5 Å². The van der Waals surface area contributed by atoms with Crippen LogP contribution in [0.5, 0.6) is 5.75 Å². The normalized spacial score (nSPS) is 10.2. The highest BCUT2D eigenvalue weighted by atomic mass is 35.5. The molecule has 0 aliphatic carbocycles. The zero-order chi connectivity index (χ0) is 13.7. The van der Waals surface area contributed by atoms with Crippen molar-refractivity contribution < 1.29 is 9.53 Å². The first kappa shape index (κ1) is 13.4. The molecule has 2 rings (SSSR count). The van der Waals surface area contributed by atoms with Crippen LogP contribution in [0.1, 0.15) is 5.82 Å². The van der Waals surface area contributed by atoms with E-state index in [0.717, 1.165) is 5.82 Å². The fourth-order valence-corrected chi connectivity index (χ4v) is 1.69. The summed E-state index contributed by atoms with van der Waals surface area (Å²) in [5, 5.41) is 0.578. The van der Waals surface area contributed by atoms with Crippen molar-refractivity contribution in [2.24, 2.45) is 0 Å². The fraction of sp³-hybridized carbons (Fsp3) is 0.231. The molecule has 0 aliphatic rings. The smallest absolute Gasteiger partial charge is 0.260 e. The molecule has 1 aromatic heterocycles. The number of aromatic amines is 1. The number of nitrogens with zero attached hydrogens (tertiary/aromatic N) is 2. The number of H-pyrrole nitrogens is 1. The van der Waals surface area contributed by atoms with E-state index in [1.807, 2.05) is 0 Å². The summed E-state index contributed by atoms with van der Waals surface area (Å²) in [7, 11) is 1.70. The Labute approximate surface area is 116 Å². The minimum Gasteiger partial charge on any atom is -0.484 e. The van der Waals surface area contributed by atoms with Crippen molar-refractivity contribution >= 4 is 17.5 Å². The number of benzene rings is 1. The molecule has 1 amide bonds. The van der Waals surface area contributed by atoms with Gasteiger partial charge in [-0.2, -0.15) is 0 Å². The third-order valence-electron chi connectivity index (χ3n) is 2.53. The zero-order valence-electron chi connectivity index (χ0n) is 10.5. The van der Waals surface area contributed by atoms with Gasteiger partial charge in [-0.15, -0.1) is 0 Å². The van der Waals surface area contributed by atoms with Crippen molar-refractivity contribution in [3.8, 4) is 5.75 Å². The third-order valence-corrected chi connectivity index (χ3v) is 2.76. The molecule has 100 valence electrons. The number of carbonyl (C=O) groups excluding carboxylic acids is 1. The van der Waals surface area contributed by atoms with Crippen LogP contribution in [0.3, 0.4) is 0 Å². The minimum absolute atomic E-state index is 0.0302. The van der Waals surface area contributed by atoms with E-state index < -0.39 is 0 Å². The summed E-state index contributed by atoms with van der Waals surface area (Å²) in [5.74, 6) is 1.18. The summed E-state index contributed by atoms with van der Waals surface area (Å²) < 4.78 is 5.38. The predicted molar refractivity (Wildman–Crippen MR) is 72.0 cm³/mol. The fourth-order valence-electron chi connectivity index (χ4n) is 1.51. The Morgan fingerprint density at radius 2 is 2.37 bits per heavy atom. The van der Waals surface area contributed by atoms with Gasteiger partial charge in [0.2, 0.25) is 0 Å². The van der Waals surface area contributed by atoms with Gasteiger partial charge in [0, 0.05) is 24.5 Å². The highest BCUT2D eigenvalue weighted by molar-refractivity contribution is 6.30. The van der Waals surface area contributed by atoms with Gasteiger partial charge in [0.15, 0.2) is 6.61 Å². The van der Waals surface area contributed by atoms with Crippen LogP contribution in [-0.4, -0.2) is 34.4 Å². The molecule has 0 saturated heterocycles. The molecule has 0 atom stereocenters. The average Bonchev–Trinajstić information content (AvgIpc) is 2.89. The number of nitrogens with one attached hydrogen (secondary N) is 1. The number of aromatic nitrogens is 2. The number of ether oxygens (including phenoxy) is 1. The van der Waals surface area contributed by atoms with Gasteiger partial charge < -0.3 is 14.6 Å². The maximum Gasteiger partial charge on any atom is 0.260 e. The predicted octanol–water partition coefficient (Wildman–Crippen LogP) is 2.10. The molecule has 1 N–H and O–H groups in total. The lowest BCUT2D eigenvalue weighted by Crippen LogP contribution is -2.31. The topological polar surface area (TPSA) is 58.2 Å². The molecule has 19 heavy (non-hydrogen) atoms. The van der Waals surface area contributed by atoms with Gasteiger partial charge in [-0.05, 0) is 18.2 Å². The first-order valence-corrected chi connectivity index (χ1v) is 6.13. The molecule has 0 bridgehead atoms. The third kappa shape index (κ3) is 3.99. The van der Waals surface area contributed by atoms with Crippen molar-refractivity contribution in [1.82, 2.24) is 14.9 Å². The van der Waals surface area contributed by atoms with Gasteiger partial charge >= 0.3 is 0 Å². The van der Waals surface area contributed by atoms with E-state index in [9.17, 15) is 4.79 Å². The maximum absolute atomic E-state index is 11.9. The van der Waals surface area contributed by atoms with Crippen LogP contribution in [0.2, 0.25) is 5.02 Å². The maximum atomic E-state index is 11.9. The SMILES string of the molecule is CN(Cc1ncc[nH]1)C(=O)COc1cccc(Cl)c1. The second kappa shape index (κ2) is 6.24. The monoisotopic (exact) mass is 279 g/mol. The van der Waals surface area contributed by atoms with Crippen LogP contribution in [0, 0.1) is 0 Å². The first-order chi connectivity index (χ1) is 9.15. The van der Waals surface area contributed by atoms with Crippen molar-refractivity contribution in [2.45, 2.75) is 6.54 Å². The lowest BCUT2D eigenvalue weighted by atomic mass is 10.3. The summed E-state index contributed by atoms with van der Waals surface area (Å²) in [4.78, 5) is 20.4. The van der Waals surface area contributed by atoms with Crippen LogP contribution in [-0.2, 0) is 11.3 Å². The largest absolute Gasteiger partial charge is 0.484 e. The first-order valence-electron chi connectivity index (χ1n) is 5.76. The van der Waals surface area contributed by atoms with Gasteiger partial charge in [-0.3, -0.25) is 4.79 Å². The van der Waals surface area contributed by atoms with Crippen LogP contribution in [0.4, 0.5) is 0 Å². The molecule has 0 aliphatic heterocycles. The quantitative estimate of drug-likeness (QED) is 0.912. The van der Waals surface area contributed by atoms with E-state index in [0.29, 0.717) is 17.3 Å². The van der Waals surface area contributed by atoms with Gasteiger partial charge in [0.05, 0.1) is 6.54 Å². The Balaban J connectivity index is 1.84. The highest BCUT2D eigenvalue weighted by Crippen LogP contribution is 2.17. The van der Waals surface area contributed by atoms with Gasteiger partial charge in [0.25, 0.3) is 5.91 Å². The van der Waals surface area contributed by atoms with Crippen molar-refractivity contribution in [1.29, 1.82) is 0 Å². The lowest BCUT2D eigenvalue weighted by Gasteiger charge is -2.16. The summed E-state index contributed by atoms with van der Waals surface area (Å²) in [6, 6.07) is 6.95. The number of hydrogen-bond acceptors (Lipinski definition) is 3. The average molecular weight is 280 g/mol. The number of rotatable bonds is 5. The van der Waals surface area contributed by atoms with Gasteiger partial charge in [-0.25, -0.2) is 4.98 Å². The Morgan fingerprint density at radius 1 is 1.53 bits per heavy atom. The molecule has 0 fully saturated rings. The van der Waals surface area contributed by atoms with E-state index in [1.54, 1.807) is 48.6 Å². The van der Waals surface area contributed by atoms with Crippen LogP contribution in [0.15, 0.2) is 36.7 Å². The number of likely N-dealkylation sites (N-methyl/N-ethyl adjacent to an activating group) is 1. The summed E-state index contributed by atoms with van der Waals surface area (Å²) in [5.41, 5.74) is 0.